The molecule has 3 heteroatoms. The molecule has 0 aliphatic heterocycles. The van der Waals surface area contributed by atoms with Crippen molar-refractivity contribution in [2.24, 2.45) is 0 Å². The highest BCUT2D eigenvalue weighted by atomic mass is 15.0. The van der Waals surface area contributed by atoms with Gasteiger partial charge in [0.1, 0.15) is 5.65 Å². The van der Waals surface area contributed by atoms with E-state index in [2.05, 4.69) is 72.5 Å². The van der Waals surface area contributed by atoms with Gasteiger partial charge < -0.3 is 10.3 Å². The van der Waals surface area contributed by atoms with E-state index in [-0.39, 0.29) is 5.54 Å². The zero-order valence-electron chi connectivity index (χ0n) is 13.5. The van der Waals surface area contributed by atoms with E-state index in [0.29, 0.717) is 0 Å². The molecular formula is C19H23N3. The Hall–Kier alpha value is -2.13. The molecule has 0 aliphatic rings. The topological polar surface area (TPSA) is 40.7 Å². The quantitative estimate of drug-likeness (QED) is 0.747. The van der Waals surface area contributed by atoms with Gasteiger partial charge >= 0.3 is 0 Å². The number of aromatic amines is 1. The molecule has 0 atom stereocenters. The number of aryl methyl sites for hydroxylation is 1. The molecule has 3 nitrogen and oxygen atoms in total. The third-order valence-electron chi connectivity index (χ3n) is 3.98. The van der Waals surface area contributed by atoms with Crippen molar-refractivity contribution in [1.82, 2.24) is 15.3 Å². The van der Waals surface area contributed by atoms with E-state index in [1.165, 1.54) is 11.1 Å². The van der Waals surface area contributed by atoms with Crippen LogP contribution in [-0.2, 0) is 13.0 Å². The Morgan fingerprint density at radius 1 is 1.05 bits per heavy atom. The molecular weight excluding hydrogens is 270 g/mol. The highest BCUT2D eigenvalue weighted by Gasteiger charge is 2.17. The van der Waals surface area contributed by atoms with Crippen LogP contribution >= 0.6 is 0 Å². The number of nitrogens with one attached hydrogen (secondary N) is 2. The Bertz CT molecular complexity index is 754. The summed E-state index contributed by atoms with van der Waals surface area (Å²) < 4.78 is 0. The summed E-state index contributed by atoms with van der Waals surface area (Å²) in [5.41, 5.74) is 4.71. The Balaban J connectivity index is 1.64. The van der Waals surface area contributed by atoms with Crippen LogP contribution in [0, 0.1) is 6.92 Å². The van der Waals surface area contributed by atoms with Crippen LogP contribution in [0.5, 0.6) is 0 Å². The fourth-order valence-electron chi connectivity index (χ4n) is 2.68. The standard InChI is InChI=1S/C19H23N3/c1-14-4-6-15(7-5-14)12-19(2,3)21-13-17-9-8-16-10-11-20-18(16)22-17/h4-11,21H,12-13H2,1-3H3,(H,20,22). The minimum absolute atomic E-state index is 0.0294. The number of hydrogen-bond donors (Lipinski definition) is 2. The fourth-order valence-corrected chi connectivity index (χ4v) is 2.68. The number of aromatic nitrogens is 2. The van der Waals surface area contributed by atoms with E-state index in [1.807, 2.05) is 12.3 Å². The molecule has 3 aromatic rings. The lowest BCUT2D eigenvalue weighted by Crippen LogP contribution is -2.40. The van der Waals surface area contributed by atoms with Gasteiger partial charge in [-0.15, -0.1) is 0 Å². The monoisotopic (exact) mass is 293 g/mol. The molecule has 0 unspecified atom stereocenters. The summed E-state index contributed by atoms with van der Waals surface area (Å²) in [6.07, 6.45) is 2.92. The van der Waals surface area contributed by atoms with Crippen molar-refractivity contribution in [3.8, 4) is 0 Å². The minimum Gasteiger partial charge on any atom is -0.346 e. The molecule has 0 spiro atoms. The van der Waals surface area contributed by atoms with E-state index in [1.54, 1.807) is 0 Å². The van der Waals surface area contributed by atoms with E-state index in [0.717, 1.165) is 29.7 Å². The van der Waals surface area contributed by atoms with Gasteiger partial charge in [0.05, 0.1) is 5.69 Å². The second-order valence-electron chi connectivity index (χ2n) is 6.62. The molecule has 0 aliphatic carbocycles. The molecule has 0 fully saturated rings. The number of benzene rings is 1. The van der Waals surface area contributed by atoms with Crippen molar-refractivity contribution in [3.05, 3.63) is 65.5 Å². The first kappa shape index (κ1) is 14.8. The second kappa shape index (κ2) is 5.93. The first-order valence-electron chi connectivity index (χ1n) is 7.75. The Labute approximate surface area is 131 Å². The minimum atomic E-state index is 0.0294. The van der Waals surface area contributed by atoms with E-state index >= 15 is 0 Å². The lowest BCUT2D eigenvalue weighted by atomic mass is 9.94. The summed E-state index contributed by atoms with van der Waals surface area (Å²) >= 11 is 0. The van der Waals surface area contributed by atoms with E-state index in [4.69, 9.17) is 0 Å². The fraction of sp³-hybridized carbons (Fsp3) is 0.316. The molecule has 22 heavy (non-hydrogen) atoms. The molecule has 0 radical (unpaired) electrons. The van der Waals surface area contributed by atoms with Crippen LogP contribution in [0.15, 0.2) is 48.7 Å². The van der Waals surface area contributed by atoms with Crippen LogP contribution in [0.2, 0.25) is 0 Å². The van der Waals surface area contributed by atoms with Gasteiger partial charge in [0.15, 0.2) is 0 Å². The Morgan fingerprint density at radius 3 is 2.59 bits per heavy atom. The van der Waals surface area contributed by atoms with Crippen molar-refractivity contribution in [2.75, 3.05) is 0 Å². The summed E-state index contributed by atoms with van der Waals surface area (Å²) in [6, 6.07) is 15.0. The van der Waals surface area contributed by atoms with Gasteiger partial charge in [-0.3, -0.25) is 0 Å². The van der Waals surface area contributed by atoms with Crippen LogP contribution in [0.25, 0.3) is 11.0 Å². The lowest BCUT2D eigenvalue weighted by molar-refractivity contribution is 0.382. The summed E-state index contributed by atoms with van der Waals surface area (Å²) in [5.74, 6) is 0. The van der Waals surface area contributed by atoms with Crippen LogP contribution < -0.4 is 5.32 Å². The molecule has 0 saturated carbocycles. The maximum absolute atomic E-state index is 4.64. The normalized spacial score (nSPS) is 12.0. The molecule has 0 saturated heterocycles. The molecule has 2 heterocycles. The number of fused-ring (bicyclic) bond motifs is 1. The van der Waals surface area contributed by atoms with Crippen molar-refractivity contribution in [3.63, 3.8) is 0 Å². The predicted octanol–water partition coefficient (Wildman–Crippen LogP) is 3.98. The molecule has 1 aromatic carbocycles. The summed E-state index contributed by atoms with van der Waals surface area (Å²) in [5, 5.41) is 4.77. The highest BCUT2D eigenvalue weighted by molar-refractivity contribution is 5.75. The summed E-state index contributed by atoms with van der Waals surface area (Å²) in [7, 11) is 0. The van der Waals surface area contributed by atoms with Gasteiger partial charge in [0.25, 0.3) is 0 Å². The highest BCUT2D eigenvalue weighted by Crippen LogP contribution is 2.15. The van der Waals surface area contributed by atoms with Gasteiger partial charge in [0, 0.05) is 23.7 Å². The van der Waals surface area contributed by atoms with Crippen LogP contribution in [-0.4, -0.2) is 15.5 Å². The third-order valence-corrected chi connectivity index (χ3v) is 3.98. The van der Waals surface area contributed by atoms with Gasteiger partial charge in [-0.05, 0) is 51.0 Å². The van der Waals surface area contributed by atoms with Crippen molar-refractivity contribution in [2.45, 2.75) is 39.3 Å². The number of hydrogen-bond acceptors (Lipinski definition) is 2. The van der Waals surface area contributed by atoms with Crippen LogP contribution in [0.3, 0.4) is 0 Å². The first-order valence-corrected chi connectivity index (χ1v) is 7.75. The van der Waals surface area contributed by atoms with Gasteiger partial charge in [-0.1, -0.05) is 29.8 Å². The second-order valence-corrected chi connectivity index (χ2v) is 6.62. The molecule has 0 amide bonds. The lowest BCUT2D eigenvalue weighted by Gasteiger charge is -2.26. The van der Waals surface area contributed by atoms with E-state index < -0.39 is 0 Å². The Kier molecular flexibility index (Phi) is 3.99. The van der Waals surface area contributed by atoms with Crippen LogP contribution in [0.1, 0.15) is 30.7 Å². The SMILES string of the molecule is Cc1ccc(CC(C)(C)NCc2ccc3cc[nH]c3n2)cc1. The van der Waals surface area contributed by atoms with Gasteiger partial charge in [0.2, 0.25) is 0 Å². The average molecular weight is 293 g/mol. The first-order chi connectivity index (χ1) is 10.5. The van der Waals surface area contributed by atoms with Crippen molar-refractivity contribution < 1.29 is 0 Å². The number of nitrogens with zero attached hydrogens (tertiary/aromatic N) is 1. The van der Waals surface area contributed by atoms with Gasteiger partial charge in [-0.2, -0.15) is 0 Å². The summed E-state index contributed by atoms with van der Waals surface area (Å²) in [6.45, 7) is 7.36. The molecule has 0 bridgehead atoms. The van der Waals surface area contributed by atoms with Crippen molar-refractivity contribution in [1.29, 1.82) is 0 Å². The number of rotatable bonds is 5. The largest absolute Gasteiger partial charge is 0.346 e. The Morgan fingerprint density at radius 2 is 1.82 bits per heavy atom. The van der Waals surface area contributed by atoms with Crippen LogP contribution in [0.4, 0.5) is 0 Å². The zero-order chi connectivity index (χ0) is 15.6. The average Bonchev–Trinajstić information content (AvgIpc) is 2.95. The number of H-pyrrole nitrogens is 1. The molecule has 3 rings (SSSR count). The zero-order valence-corrected chi connectivity index (χ0v) is 13.5. The van der Waals surface area contributed by atoms with E-state index in [9.17, 15) is 0 Å². The molecule has 114 valence electrons. The van der Waals surface area contributed by atoms with Crippen molar-refractivity contribution >= 4 is 11.0 Å². The molecule has 2 aromatic heterocycles. The van der Waals surface area contributed by atoms with Gasteiger partial charge in [-0.25, -0.2) is 4.98 Å². The smallest absolute Gasteiger partial charge is 0.137 e. The predicted molar refractivity (Wildman–Crippen MR) is 91.9 cm³/mol. The maximum Gasteiger partial charge on any atom is 0.137 e. The molecule has 2 N–H and O–H groups in total. The maximum atomic E-state index is 4.64. The third kappa shape index (κ3) is 3.55. The number of pyridine rings is 1. The summed E-state index contributed by atoms with van der Waals surface area (Å²) in [4.78, 5) is 7.80.